The van der Waals surface area contributed by atoms with Crippen LogP contribution in [0, 0.1) is 0 Å². The number of benzene rings is 1. The lowest BCUT2D eigenvalue weighted by molar-refractivity contribution is -0.138. The van der Waals surface area contributed by atoms with Gasteiger partial charge in [0.2, 0.25) is 0 Å². The van der Waals surface area contributed by atoms with Crippen molar-refractivity contribution in [2.75, 3.05) is 12.4 Å². The van der Waals surface area contributed by atoms with Gasteiger partial charge in [0, 0.05) is 29.6 Å². The van der Waals surface area contributed by atoms with Gasteiger partial charge in [0.25, 0.3) is 11.5 Å². The van der Waals surface area contributed by atoms with Crippen LogP contribution >= 0.6 is 27.3 Å². The van der Waals surface area contributed by atoms with E-state index in [4.69, 9.17) is 4.74 Å². The first-order valence-electron chi connectivity index (χ1n) is 11.4. The Morgan fingerprint density at radius 3 is 2.33 bits per heavy atom. The predicted molar refractivity (Wildman–Crippen MR) is 143 cm³/mol. The van der Waals surface area contributed by atoms with Crippen LogP contribution in [0.4, 0.5) is 31.5 Å². The third-order valence-electron chi connectivity index (χ3n) is 5.76. The average Bonchev–Trinajstić information content (AvgIpc) is 3.32. The summed E-state index contributed by atoms with van der Waals surface area (Å²) in [7, 11) is 1.20. The van der Waals surface area contributed by atoms with Gasteiger partial charge in [0.15, 0.2) is 15.6 Å². The van der Waals surface area contributed by atoms with Crippen molar-refractivity contribution < 1.29 is 35.9 Å². The molecule has 4 aromatic heterocycles. The largest absolute Gasteiger partial charge is 0.496 e. The lowest BCUT2D eigenvalue weighted by Gasteiger charge is -2.17. The van der Waals surface area contributed by atoms with E-state index in [0.29, 0.717) is 21.6 Å². The number of alkyl halides is 6. The molecule has 5 rings (SSSR count). The van der Waals surface area contributed by atoms with E-state index < -0.39 is 34.9 Å². The molecular weight excluding hydrogens is 658 g/mol. The van der Waals surface area contributed by atoms with E-state index in [1.54, 1.807) is 0 Å². The minimum atomic E-state index is -4.79. The maximum Gasteiger partial charge on any atom is 0.416 e. The number of pyridine rings is 2. The number of nitrogens with one attached hydrogen (secondary N) is 1. The lowest BCUT2D eigenvalue weighted by atomic mass is 9.97. The second-order valence-electron chi connectivity index (χ2n) is 8.42. The molecule has 42 heavy (non-hydrogen) atoms. The molecule has 0 aliphatic carbocycles. The van der Waals surface area contributed by atoms with Crippen LogP contribution in [0.3, 0.4) is 0 Å². The molecule has 4 heterocycles. The number of rotatable bonds is 5. The quantitative estimate of drug-likeness (QED) is 0.217. The first-order chi connectivity index (χ1) is 19.7. The molecule has 17 heteroatoms. The Morgan fingerprint density at radius 1 is 0.952 bits per heavy atom. The van der Waals surface area contributed by atoms with Crippen molar-refractivity contribution in [3.8, 4) is 22.7 Å². The number of carbonyl (C=O) groups excluding carboxylic acids is 1. The molecule has 216 valence electrons. The smallest absolute Gasteiger partial charge is 0.416 e. The fraction of sp³-hybridized carbons (Fsp3) is 0.120. The van der Waals surface area contributed by atoms with Crippen LogP contribution in [0.15, 0.2) is 64.4 Å². The molecule has 9 nitrogen and oxygen atoms in total. The van der Waals surface area contributed by atoms with E-state index in [0.717, 1.165) is 52.6 Å². The Bertz CT molecular complexity index is 1910. The fourth-order valence-electron chi connectivity index (χ4n) is 3.84. The Hall–Kier alpha value is -4.38. The molecule has 5 aromatic rings. The Morgan fingerprint density at radius 2 is 1.67 bits per heavy atom. The minimum Gasteiger partial charge on any atom is -0.496 e. The van der Waals surface area contributed by atoms with Gasteiger partial charge >= 0.3 is 12.4 Å². The summed E-state index contributed by atoms with van der Waals surface area (Å²) in [5.74, 6) is -1.17. The van der Waals surface area contributed by atoms with Crippen molar-refractivity contribution in [2.24, 2.45) is 0 Å². The maximum absolute atomic E-state index is 13.6. The molecule has 1 N–H and O–H groups in total. The van der Waals surface area contributed by atoms with Gasteiger partial charge in [-0.1, -0.05) is 11.3 Å². The van der Waals surface area contributed by atoms with E-state index >= 15 is 0 Å². The van der Waals surface area contributed by atoms with Gasteiger partial charge in [-0.2, -0.15) is 31.3 Å². The first kappa shape index (κ1) is 29.1. The van der Waals surface area contributed by atoms with Gasteiger partial charge in [0.05, 0.1) is 30.0 Å². The molecule has 0 unspecified atom stereocenters. The number of hydrogen-bond donors (Lipinski definition) is 1. The lowest BCUT2D eigenvalue weighted by Crippen LogP contribution is -2.21. The molecule has 1 aromatic carbocycles. The van der Waals surface area contributed by atoms with E-state index in [1.807, 2.05) is 0 Å². The zero-order valence-electron chi connectivity index (χ0n) is 20.7. The Kier molecular flexibility index (Phi) is 7.48. The number of anilines is 1. The number of thiazole rings is 1. The van der Waals surface area contributed by atoms with Crippen molar-refractivity contribution in [3.63, 3.8) is 0 Å². The van der Waals surface area contributed by atoms with Crippen LogP contribution in [-0.4, -0.2) is 37.5 Å². The van der Waals surface area contributed by atoms with Gasteiger partial charge in [-0.05, 0) is 46.3 Å². The molecule has 0 aliphatic heterocycles. The number of ether oxygens (including phenoxy) is 1. The zero-order chi connectivity index (χ0) is 30.4. The van der Waals surface area contributed by atoms with E-state index in [2.05, 4.69) is 41.2 Å². The molecule has 0 fully saturated rings. The standard InChI is InChI=1S/C25H13BrF6N6O3S/c1-41-16-3-2-11(24(27,28)29)6-14(16)13-8-18(38-5-4-12(7-19(38)39)25(30,31)32)33-9-15(13)21(40)37-23-36-20-22(42-23)35-17(26)10-34-20/h2-10H,1H3,(H,34,36,37,40). The average molecular weight is 671 g/mol. The van der Waals surface area contributed by atoms with E-state index in [1.165, 1.54) is 13.3 Å². The summed E-state index contributed by atoms with van der Waals surface area (Å²) < 4.78 is 86.6. The van der Waals surface area contributed by atoms with Crippen molar-refractivity contribution in [1.82, 2.24) is 24.5 Å². The van der Waals surface area contributed by atoms with E-state index in [9.17, 15) is 35.9 Å². The highest BCUT2D eigenvalue weighted by Gasteiger charge is 2.33. The van der Waals surface area contributed by atoms with Gasteiger partial charge < -0.3 is 4.74 Å². The number of hydrogen-bond acceptors (Lipinski definition) is 8. The Balaban J connectivity index is 1.66. The summed E-state index contributed by atoms with van der Waals surface area (Å²) in [5.41, 5.74) is -3.76. The number of fused-ring (bicyclic) bond motifs is 1. The summed E-state index contributed by atoms with van der Waals surface area (Å²) in [6.07, 6.45) is -6.35. The number of amides is 1. The third-order valence-corrected chi connectivity index (χ3v) is 7.00. The highest BCUT2D eigenvalue weighted by atomic mass is 79.9. The van der Waals surface area contributed by atoms with Crippen LogP contribution in [0.2, 0.25) is 0 Å². The molecule has 0 aliphatic rings. The van der Waals surface area contributed by atoms with Crippen LogP contribution in [0.5, 0.6) is 5.75 Å². The molecular formula is C25H13BrF6N6O3S. The first-order valence-corrected chi connectivity index (χ1v) is 13.0. The van der Waals surface area contributed by atoms with Crippen molar-refractivity contribution >= 4 is 48.8 Å². The molecule has 0 saturated heterocycles. The molecule has 1 amide bonds. The maximum atomic E-state index is 13.6. The van der Waals surface area contributed by atoms with Gasteiger partial charge in [-0.15, -0.1) is 0 Å². The number of nitrogens with zero attached hydrogens (tertiary/aromatic N) is 5. The SMILES string of the molecule is COc1ccc(C(F)(F)F)cc1-c1cc(-n2ccc(C(F)(F)F)cc2=O)ncc1C(=O)Nc1nc2ncc(Br)nc2s1. The highest BCUT2D eigenvalue weighted by molar-refractivity contribution is 9.10. The van der Waals surface area contributed by atoms with Crippen LogP contribution < -0.4 is 15.6 Å². The summed E-state index contributed by atoms with van der Waals surface area (Å²) in [6.45, 7) is 0. The predicted octanol–water partition coefficient (Wildman–Crippen LogP) is 6.36. The van der Waals surface area contributed by atoms with Crippen LogP contribution in [-0.2, 0) is 12.4 Å². The Labute approximate surface area is 243 Å². The number of carbonyl (C=O) groups is 1. The van der Waals surface area contributed by atoms with E-state index in [-0.39, 0.29) is 39.0 Å². The van der Waals surface area contributed by atoms with Crippen molar-refractivity contribution in [3.05, 3.63) is 86.6 Å². The third kappa shape index (κ3) is 5.82. The summed E-state index contributed by atoms with van der Waals surface area (Å²) in [5, 5.41) is 2.60. The normalized spacial score (nSPS) is 12.0. The molecule has 0 saturated carbocycles. The van der Waals surface area contributed by atoms with Crippen molar-refractivity contribution in [2.45, 2.75) is 12.4 Å². The molecule has 0 radical (unpaired) electrons. The monoisotopic (exact) mass is 670 g/mol. The number of halogens is 7. The second kappa shape index (κ2) is 10.8. The summed E-state index contributed by atoms with van der Waals surface area (Å²) in [6, 6.07) is 4.66. The highest BCUT2D eigenvalue weighted by Crippen LogP contribution is 2.39. The topological polar surface area (TPSA) is 112 Å². The minimum absolute atomic E-state index is 0.0628. The molecule has 0 spiro atoms. The number of methoxy groups -OCH3 is 1. The van der Waals surface area contributed by atoms with Crippen LogP contribution in [0.25, 0.3) is 27.4 Å². The second-order valence-corrected chi connectivity index (χ2v) is 10.2. The molecule has 0 atom stereocenters. The van der Waals surface area contributed by atoms with Gasteiger partial charge in [-0.25, -0.2) is 15.0 Å². The molecule has 0 bridgehead atoms. The van der Waals surface area contributed by atoms with Gasteiger partial charge in [0.1, 0.15) is 16.2 Å². The zero-order valence-corrected chi connectivity index (χ0v) is 23.1. The fourth-order valence-corrected chi connectivity index (χ4v) is 5.03. The number of aromatic nitrogens is 5. The van der Waals surface area contributed by atoms with Crippen molar-refractivity contribution in [1.29, 1.82) is 0 Å². The van der Waals surface area contributed by atoms with Gasteiger partial charge in [-0.3, -0.25) is 19.5 Å². The summed E-state index contributed by atoms with van der Waals surface area (Å²) in [4.78, 5) is 42.8. The summed E-state index contributed by atoms with van der Waals surface area (Å²) >= 11 is 4.16. The van der Waals surface area contributed by atoms with Crippen LogP contribution in [0.1, 0.15) is 21.5 Å².